The molecule has 1 fully saturated rings. The molecule has 1 aromatic carbocycles. The van der Waals surface area contributed by atoms with Crippen LogP contribution in [0.2, 0.25) is 0 Å². The summed E-state index contributed by atoms with van der Waals surface area (Å²) in [5.41, 5.74) is 2.39. The Hall–Kier alpha value is -1.51. The Balaban J connectivity index is 2.10. The number of carbonyl (C=O) groups is 1. The van der Waals surface area contributed by atoms with E-state index in [1.54, 1.807) is 0 Å². The molecule has 3 heteroatoms. The molecule has 0 aromatic heterocycles. The van der Waals surface area contributed by atoms with Gasteiger partial charge in [0.15, 0.2) is 0 Å². The maximum absolute atomic E-state index is 12.8. The van der Waals surface area contributed by atoms with E-state index in [4.69, 9.17) is 0 Å². The maximum atomic E-state index is 12.8. The second-order valence-electron chi connectivity index (χ2n) is 6.70. The summed E-state index contributed by atoms with van der Waals surface area (Å²) in [4.78, 5) is 17.1. The summed E-state index contributed by atoms with van der Waals surface area (Å²) in [6.07, 6.45) is 4.63. The number of piperidine rings is 1. The summed E-state index contributed by atoms with van der Waals surface area (Å²) in [6.45, 7) is 10.0. The van der Waals surface area contributed by atoms with E-state index >= 15 is 0 Å². The van der Waals surface area contributed by atoms with E-state index in [2.05, 4.69) is 61.8 Å². The van der Waals surface area contributed by atoms with Crippen molar-refractivity contribution in [3.8, 4) is 0 Å². The van der Waals surface area contributed by atoms with Crippen molar-refractivity contribution in [2.24, 2.45) is 0 Å². The summed E-state index contributed by atoms with van der Waals surface area (Å²) in [7, 11) is 0. The molecule has 0 spiro atoms. The number of likely N-dealkylation sites (tertiary alicyclic amines) is 1. The molecule has 1 aromatic rings. The van der Waals surface area contributed by atoms with Gasteiger partial charge < -0.3 is 9.80 Å². The van der Waals surface area contributed by atoms with Crippen molar-refractivity contribution in [1.29, 1.82) is 0 Å². The second kappa shape index (κ2) is 7.66. The highest BCUT2D eigenvalue weighted by molar-refractivity contribution is 5.82. The monoisotopic (exact) mass is 302 g/mol. The molecule has 22 heavy (non-hydrogen) atoms. The van der Waals surface area contributed by atoms with Gasteiger partial charge in [-0.15, -0.1) is 0 Å². The Morgan fingerprint density at radius 1 is 1.27 bits per heavy atom. The lowest BCUT2D eigenvalue weighted by molar-refractivity contribution is -0.133. The van der Waals surface area contributed by atoms with Crippen LogP contribution >= 0.6 is 0 Å². The number of nitrogens with zero attached hydrogens (tertiary/aromatic N) is 2. The predicted molar refractivity (Wildman–Crippen MR) is 93.3 cm³/mol. The Kier molecular flexibility index (Phi) is 5.87. The molecule has 1 heterocycles. The van der Waals surface area contributed by atoms with Gasteiger partial charge in [0.2, 0.25) is 5.91 Å². The zero-order valence-electron chi connectivity index (χ0n) is 14.5. The van der Waals surface area contributed by atoms with Crippen LogP contribution in [0.5, 0.6) is 0 Å². The molecule has 1 aliphatic heterocycles. The third kappa shape index (κ3) is 4.02. The van der Waals surface area contributed by atoms with Crippen LogP contribution in [0.15, 0.2) is 24.3 Å². The van der Waals surface area contributed by atoms with Gasteiger partial charge in [0.1, 0.15) is 0 Å². The smallest absolute Gasteiger partial charge is 0.242 e. The van der Waals surface area contributed by atoms with Gasteiger partial charge in [-0.3, -0.25) is 4.79 Å². The Bertz CT molecular complexity index is 481. The van der Waals surface area contributed by atoms with Crippen molar-refractivity contribution >= 4 is 11.6 Å². The maximum Gasteiger partial charge on any atom is 0.242 e. The molecule has 1 aliphatic rings. The van der Waals surface area contributed by atoms with Crippen LogP contribution in [-0.4, -0.2) is 36.0 Å². The molecule has 1 saturated heterocycles. The van der Waals surface area contributed by atoms with Gasteiger partial charge in [-0.05, 0) is 58.6 Å². The van der Waals surface area contributed by atoms with Crippen molar-refractivity contribution < 1.29 is 4.79 Å². The minimum Gasteiger partial charge on any atom is -0.360 e. The summed E-state index contributed by atoms with van der Waals surface area (Å²) in [5, 5.41) is 0. The lowest BCUT2D eigenvalue weighted by atomic mass is 10.00. The van der Waals surface area contributed by atoms with E-state index in [9.17, 15) is 4.79 Å². The van der Waals surface area contributed by atoms with Gasteiger partial charge >= 0.3 is 0 Å². The van der Waals surface area contributed by atoms with Crippen LogP contribution < -0.4 is 4.90 Å². The average molecular weight is 302 g/mol. The topological polar surface area (TPSA) is 23.6 Å². The molecule has 0 radical (unpaired) electrons. The van der Waals surface area contributed by atoms with Crippen LogP contribution in [0.1, 0.15) is 52.0 Å². The Morgan fingerprint density at radius 3 is 2.55 bits per heavy atom. The van der Waals surface area contributed by atoms with Gasteiger partial charge in [0, 0.05) is 24.3 Å². The first-order valence-corrected chi connectivity index (χ1v) is 8.65. The zero-order chi connectivity index (χ0) is 16.1. The first-order chi connectivity index (χ1) is 10.5. The molecule has 2 rings (SSSR count). The largest absolute Gasteiger partial charge is 0.360 e. The van der Waals surface area contributed by atoms with Crippen LogP contribution in [0.3, 0.4) is 0 Å². The second-order valence-corrected chi connectivity index (χ2v) is 6.70. The van der Waals surface area contributed by atoms with Gasteiger partial charge in [-0.1, -0.05) is 24.6 Å². The molecule has 122 valence electrons. The highest BCUT2D eigenvalue weighted by atomic mass is 16.2. The van der Waals surface area contributed by atoms with Crippen molar-refractivity contribution in [3.05, 3.63) is 29.8 Å². The third-order valence-corrected chi connectivity index (χ3v) is 4.71. The van der Waals surface area contributed by atoms with Crippen molar-refractivity contribution in [3.63, 3.8) is 0 Å². The summed E-state index contributed by atoms with van der Waals surface area (Å²) in [6, 6.07) is 9.23. The zero-order valence-corrected chi connectivity index (χ0v) is 14.5. The lowest BCUT2D eigenvalue weighted by Gasteiger charge is -2.38. The fourth-order valence-electron chi connectivity index (χ4n) is 3.30. The fraction of sp³-hybridized carbons (Fsp3) is 0.632. The standard InChI is InChI=1S/C19H30N2O/c1-5-17-8-6-7-13-20(17)19(22)14-21(15(2)3)18-11-9-16(4)10-12-18/h9-12,15,17H,5-8,13-14H2,1-4H3. The number of hydrogen-bond donors (Lipinski definition) is 0. The van der Waals surface area contributed by atoms with Crippen molar-refractivity contribution in [2.75, 3.05) is 18.0 Å². The molecule has 1 unspecified atom stereocenters. The Labute approximate surface area is 135 Å². The van der Waals surface area contributed by atoms with Crippen LogP contribution in [0.4, 0.5) is 5.69 Å². The highest BCUT2D eigenvalue weighted by Crippen LogP contribution is 2.22. The van der Waals surface area contributed by atoms with Crippen molar-refractivity contribution in [2.45, 2.75) is 65.5 Å². The number of hydrogen-bond acceptors (Lipinski definition) is 2. The van der Waals surface area contributed by atoms with Gasteiger partial charge in [0.25, 0.3) is 0 Å². The van der Waals surface area contributed by atoms with E-state index in [1.807, 2.05) is 0 Å². The quantitative estimate of drug-likeness (QED) is 0.820. The first-order valence-electron chi connectivity index (χ1n) is 8.65. The minimum absolute atomic E-state index is 0.279. The molecule has 1 amide bonds. The minimum atomic E-state index is 0.279. The number of carbonyl (C=O) groups excluding carboxylic acids is 1. The van der Waals surface area contributed by atoms with Crippen LogP contribution in [0.25, 0.3) is 0 Å². The number of anilines is 1. The normalized spacial score (nSPS) is 18.6. The van der Waals surface area contributed by atoms with E-state index in [1.165, 1.54) is 12.0 Å². The van der Waals surface area contributed by atoms with Crippen LogP contribution in [-0.2, 0) is 4.79 Å². The fourth-order valence-corrected chi connectivity index (χ4v) is 3.30. The molecular formula is C19H30N2O. The molecule has 3 nitrogen and oxygen atoms in total. The predicted octanol–water partition coefficient (Wildman–Crippen LogP) is 4.00. The van der Waals surface area contributed by atoms with E-state index in [0.29, 0.717) is 18.6 Å². The first kappa shape index (κ1) is 16.9. The Morgan fingerprint density at radius 2 is 1.95 bits per heavy atom. The van der Waals surface area contributed by atoms with Gasteiger partial charge in [-0.2, -0.15) is 0 Å². The molecule has 0 bridgehead atoms. The van der Waals surface area contributed by atoms with Gasteiger partial charge in [0.05, 0.1) is 6.54 Å². The highest BCUT2D eigenvalue weighted by Gasteiger charge is 2.27. The molecule has 0 N–H and O–H groups in total. The summed E-state index contributed by atoms with van der Waals surface area (Å²) in [5.74, 6) is 0.279. The lowest BCUT2D eigenvalue weighted by Crippen LogP contribution is -2.49. The molecule has 1 atom stereocenters. The van der Waals surface area contributed by atoms with E-state index in [0.717, 1.165) is 31.5 Å². The van der Waals surface area contributed by atoms with Crippen LogP contribution in [0, 0.1) is 6.92 Å². The number of amides is 1. The van der Waals surface area contributed by atoms with Gasteiger partial charge in [-0.25, -0.2) is 0 Å². The molecule has 0 saturated carbocycles. The number of rotatable bonds is 5. The van der Waals surface area contributed by atoms with Crippen molar-refractivity contribution in [1.82, 2.24) is 4.90 Å². The summed E-state index contributed by atoms with van der Waals surface area (Å²) < 4.78 is 0. The van der Waals surface area contributed by atoms with E-state index < -0.39 is 0 Å². The molecular weight excluding hydrogens is 272 g/mol. The summed E-state index contributed by atoms with van der Waals surface area (Å²) >= 11 is 0. The third-order valence-electron chi connectivity index (χ3n) is 4.71. The average Bonchev–Trinajstić information content (AvgIpc) is 2.53. The number of aryl methyl sites for hydroxylation is 1. The number of benzene rings is 1. The SMILES string of the molecule is CCC1CCCCN1C(=O)CN(c1ccc(C)cc1)C(C)C. The molecule has 0 aliphatic carbocycles. The van der Waals surface area contributed by atoms with E-state index in [-0.39, 0.29) is 5.91 Å².